The van der Waals surface area contributed by atoms with Crippen molar-refractivity contribution in [2.45, 2.75) is 50.7 Å². The number of primary amides is 1. The van der Waals surface area contributed by atoms with Gasteiger partial charge in [-0.05, 0) is 87.7 Å². The van der Waals surface area contributed by atoms with E-state index in [9.17, 15) is 23.1 Å². The quantitative estimate of drug-likeness (QED) is 0.602. The number of likely N-dealkylation sites (N-methyl/N-ethyl adjacent to an activating group) is 1. The van der Waals surface area contributed by atoms with E-state index in [0.29, 0.717) is 12.0 Å². The average Bonchev–Trinajstić information content (AvgIpc) is 3.50. The second kappa shape index (κ2) is 9.10. The number of aromatic hydroxyl groups is 1. The molecule has 2 unspecified atom stereocenters. The number of aromatic nitrogens is 1. The number of phenolic OH excluding ortho intramolecular Hbond substituents is 1. The van der Waals surface area contributed by atoms with E-state index in [-0.39, 0.29) is 31.1 Å². The maximum absolute atomic E-state index is 14.2. The van der Waals surface area contributed by atoms with Gasteiger partial charge in [-0.1, -0.05) is 6.07 Å². The van der Waals surface area contributed by atoms with Crippen LogP contribution in [0.15, 0.2) is 42.7 Å². The first-order valence-electron chi connectivity index (χ1n) is 10.7. The Labute approximate surface area is 186 Å². The minimum absolute atomic E-state index is 0.0169. The highest BCUT2D eigenvalue weighted by molar-refractivity contribution is 5.78. The molecule has 1 aromatic heterocycles. The van der Waals surface area contributed by atoms with Crippen molar-refractivity contribution >= 4 is 5.91 Å². The summed E-state index contributed by atoms with van der Waals surface area (Å²) in [7, 11) is 3.69. The molecule has 1 heterocycles. The van der Waals surface area contributed by atoms with Crippen LogP contribution in [-0.2, 0) is 11.2 Å². The monoisotopic (exact) mass is 449 g/mol. The summed E-state index contributed by atoms with van der Waals surface area (Å²) in [6, 6.07) is 7.94. The van der Waals surface area contributed by atoms with E-state index >= 15 is 0 Å². The number of carbonyl (C=O) groups excluding carboxylic acids is 1. The molecule has 0 saturated heterocycles. The molecule has 3 rings (SSSR count). The molecule has 1 aliphatic rings. The van der Waals surface area contributed by atoms with Crippen LogP contribution < -0.4 is 5.73 Å². The largest absolute Gasteiger partial charge is 0.508 e. The number of amides is 1. The minimum atomic E-state index is -4.43. The van der Waals surface area contributed by atoms with E-state index in [1.807, 2.05) is 25.9 Å². The Bertz CT molecular complexity index is 943. The van der Waals surface area contributed by atoms with Crippen LogP contribution in [-0.4, -0.2) is 47.2 Å². The number of nitrogens with zero attached hydrogens (tertiary/aromatic N) is 2. The number of rotatable bonds is 9. The van der Waals surface area contributed by atoms with E-state index in [4.69, 9.17) is 5.73 Å². The van der Waals surface area contributed by atoms with Crippen LogP contribution in [0.5, 0.6) is 5.75 Å². The number of hydrogen-bond donors (Lipinski definition) is 2. The molecule has 0 radical (unpaired) electrons. The number of aryl methyl sites for hydroxylation is 1. The van der Waals surface area contributed by atoms with E-state index < -0.39 is 29.3 Å². The summed E-state index contributed by atoms with van der Waals surface area (Å²) in [5.74, 6) is -2.63. The molecule has 3 N–H and O–H groups in total. The van der Waals surface area contributed by atoms with Crippen LogP contribution in [0.2, 0.25) is 0 Å². The average molecular weight is 450 g/mol. The van der Waals surface area contributed by atoms with Crippen LogP contribution in [0.1, 0.15) is 41.9 Å². The smallest absolute Gasteiger partial charge is 0.395 e. The summed E-state index contributed by atoms with van der Waals surface area (Å²) in [5.41, 5.74) is 6.10. The lowest BCUT2D eigenvalue weighted by Crippen LogP contribution is -2.43. The molecule has 1 saturated carbocycles. The Morgan fingerprint density at radius 2 is 1.84 bits per heavy atom. The summed E-state index contributed by atoms with van der Waals surface area (Å²) in [4.78, 5) is 18.5. The number of carbonyl (C=O) groups is 1. The molecular formula is C24H30F3N3O2. The zero-order chi connectivity index (χ0) is 23.7. The summed E-state index contributed by atoms with van der Waals surface area (Å²) in [6.07, 6.45) is -0.853. The van der Waals surface area contributed by atoms with Crippen LogP contribution in [0.25, 0.3) is 0 Å². The molecule has 2 aromatic rings. The molecule has 5 nitrogen and oxygen atoms in total. The van der Waals surface area contributed by atoms with Crippen LogP contribution in [0.3, 0.4) is 0 Å². The van der Waals surface area contributed by atoms with Crippen molar-refractivity contribution in [3.8, 4) is 5.75 Å². The molecule has 8 heteroatoms. The Kier molecular flexibility index (Phi) is 6.83. The number of nitrogens with two attached hydrogens (primary N) is 1. The van der Waals surface area contributed by atoms with E-state index in [2.05, 4.69) is 4.98 Å². The van der Waals surface area contributed by atoms with Crippen molar-refractivity contribution < 1.29 is 23.1 Å². The first kappa shape index (κ1) is 24.0. The second-order valence-electron chi connectivity index (χ2n) is 9.09. The minimum Gasteiger partial charge on any atom is -0.508 e. The molecule has 1 amide bonds. The third-order valence-electron chi connectivity index (χ3n) is 6.82. The number of hydrogen-bond acceptors (Lipinski definition) is 4. The lowest BCUT2D eigenvalue weighted by atomic mass is 9.71. The fourth-order valence-corrected chi connectivity index (χ4v) is 4.76. The van der Waals surface area contributed by atoms with Gasteiger partial charge in [0.25, 0.3) is 0 Å². The lowest BCUT2D eigenvalue weighted by molar-refractivity contribution is -0.198. The van der Waals surface area contributed by atoms with Gasteiger partial charge in [0.1, 0.15) is 5.75 Å². The molecule has 32 heavy (non-hydrogen) atoms. The predicted octanol–water partition coefficient (Wildman–Crippen LogP) is 4.19. The SMILES string of the molecule is Cc1cc(O)ccc1C[C@H](CC(C(N)=O)C(c1ccncc1)C1(C(F)(F)F)CC1)N(C)C. The number of alkyl halides is 3. The topological polar surface area (TPSA) is 79.5 Å². The van der Waals surface area contributed by atoms with Crippen LogP contribution >= 0.6 is 0 Å². The predicted molar refractivity (Wildman–Crippen MR) is 116 cm³/mol. The molecular weight excluding hydrogens is 419 g/mol. The van der Waals surface area contributed by atoms with Gasteiger partial charge >= 0.3 is 6.18 Å². The maximum Gasteiger partial charge on any atom is 0.395 e. The number of benzene rings is 1. The second-order valence-corrected chi connectivity index (χ2v) is 9.09. The summed E-state index contributed by atoms with van der Waals surface area (Å²) < 4.78 is 42.6. The van der Waals surface area contributed by atoms with Crippen LogP contribution in [0, 0.1) is 18.3 Å². The highest BCUT2D eigenvalue weighted by atomic mass is 19.4. The van der Waals surface area contributed by atoms with Gasteiger partial charge in [-0.3, -0.25) is 9.78 Å². The fraction of sp³-hybridized carbons (Fsp3) is 0.500. The van der Waals surface area contributed by atoms with Gasteiger partial charge in [-0.2, -0.15) is 13.2 Å². The van der Waals surface area contributed by atoms with Gasteiger partial charge in [-0.25, -0.2) is 0 Å². The normalized spacial score (nSPS) is 18.2. The fourth-order valence-electron chi connectivity index (χ4n) is 4.76. The molecule has 174 valence electrons. The lowest BCUT2D eigenvalue weighted by Gasteiger charge is -2.37. The summed E-state index contributed by atoms with van der Waals surface area (Å²) in [6.45, 7) is 1.87. The van der Waals surface area contributed by atoms with E-state index in [1.165, 1.54) is 12.4 Å². The van der Waals surface area contributed by atoms with E-state index in [1.54, 1.807) is 30.3 Å². The zero-order valence-electron chi connectivity index (χ0n) is 18.6. The first-order chi connectivity index (χ1) is 15.0. The van der Waals surface area contributed by atoms with Crippen molar-refractivity contribution in [1.29, 1.82) is 0 Å². The van der Waals surface area contributed by atoms with Crippen molar-refractivity contribution in [3.63, 3.8) is 0 Å². The highest BCUT2D eigenvalue weighted by Crippen LogP contribution is 2.67. The van der Waals surface area contributed by atoms with Crippen LogP contribution in [0.4, 0.5) is 13.2 Å². The Morgan fingerprint density at radius 3 is 2.31 bits per heavy atom. The molecule has 1 fully saturated rings. The summed E-state index contributed by atoms with van der Waals surface area (Å²) >= 11 is 0. The molecule has 1 aliphatic carbocycles. The Morgan fingerprint density at radius 1 is 1.22 bits per heavy atom. The molecule has 0 spiro atoms. The number of phenols is 1. The number of pyridine rings is 1. The molecule has 0 aliphatic heterocycles. The van der Waals surface area contributed by atoms with Gasteiger partial charge in [0.2, 0.25) is 5.91 Å². The zero-order valence-corrected chi connectivity index (χ0v) is 18.6. The molecule has 3 atom stereocenters. The third kappa shape index (κ3) is 4.90. The van der Waals surface area contributed by atoms with E-state index in [0.717, 1.165) is 11.1 Å². The standard InChI is InChI=1S/C24H30F3N3O2/c1-15-12-19(31)5-4-17(15)13-18(30(2)3)14-20(22(28)32)21(16-6-10-29-11-7-16)23(8-9-23)24(25,26)27/h4-7,10-12,18,20-21,31H,8-9,13-14H2,1-3H3,(H2,28,32)/t18-,20?,21?/m1/s1. The van der Waals surface area contributed by atoms with Crippen molar-refractivity contribution in [2.75, 3.05) is 14.1 Å². The summed E-state index contributed by atoms with van der Waals surface area (Å²) in [5, 5.41) is 9.69. The third-order valence-corrected chi connectivity index (χ3v) is 6.82. The van der Waals surface area contributed by atoms with Crippen molar-refractivity contribution in [2.24, 2.45) is 17.1 Å². The molecule has 1 aromatic carbocycles. The Balaban J connectivity index is 1.98. The maximum atomic E-state index is 14.2. The van der Waals surface area contributed by atoms with Gasteiger partial charge in [0, 0.05) is 30.3 Å². The van der Waals surface area contributed by atoms with Gasteiger partial charge in [-0.15, -0.1) is 0 Å². The van der Waals surface area contributed by atoms with Gasteiger partial charge in [0.15, 0.2) is 0 Å². The first-order valence-corrected chi connectivity index (χ1v) is 10.7. The van der Waals surface area contributed by atoms with Gasteiger partial charge in [0.05, 0.1) is 5.41 Å². The van der Waals surface area contributed by atoms with Gasteiger partial charge < -0.3 is 15.7 Å². The number of halogens is 3. The molecule has 0 bridgehead atoms. The Hall–Kier alpha value is -2.61. The van der Waals surface area contributed by atoms with Crippen molar-refractivity contribution in [3.05, 3.63) is 59.4 Å². The van der Waals surface area contributed by atoms with Crippen molar-refractivity contribution in [1.82, 2.24) is 9.88 Å². The highest BCUT2D eigenvalue weighted by Gasteiger charge is 2.69.